The van der Waals surface area contributed by atoms with Crippen molar-refractivity contribution in [3.8, 4) is 5.88 Å². The highest BCUT2D eigenvalue weighted by atomic mass is 32.3. The number of nitrogens with zero attached hydrogens (tertiary/aromatic N) is 4. The number of anilines is 2. The van der Waals surface area contributed by atoms with Gasteiger partial charge in [0, 0.05) is 62.8 Å². The molecule has 0 saturated carbocycles. The number of piperazine rings is 1. The number of ether oxygens (including phenoxy) is 2. The molecule has 0 unspecified atom stereocenters. The number of benzene rings is 1. The van der Waals surface area contributed by atoms with Gasteiger partial charge in [-0.3, -0.25) is 4.79 Å². The molecule has 1 N–H and O–H groups in total. The normalized spacial score (nSPS) is 18.1. The van der Waals surface area contributed by atoms with E-state index in [-0.39, 0.29) is 42.9 Å². The van der Waals surface area contributed by atoms with Gasteiger partial charge in [0.15, 0.2) is 5.82 Å². The molecule has 2 aromatic rings. The smallest absolute Gasteiger partial charge is 0.417 e. The fourth-order valence-corrected chi connectivity index (χ4v) is 5.83. The SMILES string of the molecule is C[C@H]1CN(c2cc(F)c(C3=CCN(C(=O)OC(C)(C)C)C3)c(F)c2NC(=O)c2cnc(OCCS(C)(C)C)cc2C(F)(F)F)CCN1C. The van der Waals surface area contributed by atoms with Gasteiger partial charge < -0.3 is 29.5 Å². The van der Waals surface area contributed by atoms with Crippen LogP contribution in [0.1, 0.15) is 49.2 Å². The van der Waals surface area contributed by atoms with Crippen molar-refractivity contribution in [3.63, 3.8) is 0 Å². The van der Waals surface area contributed by atoms with E-state index in [1.165, 1.54) is 11.0 Å². The molecule has 0 bridgehead atoms. The van der Waals surface area contributed by atoms with Crippen molar-refractivity contribution in [2.45, 2.75) is 45.5 Å². The molecule has 4 rings (SSSR count). The fraction of sp³-hybridized carbons (Fsp3) is 0.545. The molecule has 1 aromatic carbocycles. The molecule has 2 aliphatic heterocycles. The van der Waals surface area contributed by atoms with Crippen LogP contribution in [0.2, 0.25) is 0 Å². The van der Waals surface area contributed by atoms with Gasteiger partial charge in [-0.1, -0.05) is 6.08 Å². The van der Waals surface area contributed by atoms with E-state index < -0.39 is 67.8 Å². The summed E-state index contributed by atoms with van der Waals surface area (Å²) >= 11 is 0. The van der Waals surface area contributed by atoms with Crippen LogP contribution in [0.5, 0.6) is 5.88 Å². The van der Waals surface area contributed by atoms with Crippen LogP contribution < -0.4 is 15.0 Å². The molecular formula is C33H44F5N5O4S. The Labute approximate surface area is 279 Å². The second-order valence-corrected chi connectivity index (χ2v) is 18.6. The van der Waals surface area contributed by atoms with E-state index in [0.29, 0.717) is 31.5 Å². The Hall–Kier alpha value is -3.59. The lowest BCUT2D eigenvalue weighted by molar-refractivity contribution is -0.138. The number of likely N-dealkylation sites (N-methyl/N-ethyl adjacent to an activating group) is 1. The van der Waals surface area contributed by atoms with Crippen LogP contribution in [-0.2, 0) is 10.9 Å². The lowest BCUT2D eigenvalue weighted by Gasteiger charge is -2.40. The molecule has 1 fully saturated rings. The Morgan fingerprint density at radius 2 is 1.79 bits per heavy atom. The van der Waals surface area contributed by atoms with Gasteiger partial charge in [0.1, 0.15) is 17.1 Å². The Morgan fingerprint density at radius 1 is 1.10 bits per heavy atom. The summed E-state index contributed by atoms with van der Waals surface area (Å²) in [4.78, 5) is 35.2. The predicted octanol–water partition coefficient (Wildman–Crippen LogP) is 6.48. The summed E-state index contributed by atoms with van der Waals surface area (Å²) < 4.78 is 86.0. The van der Waals surface area contributed by atoms with Gasteiger partial charge in [0.05, 0.1) is 29.0 Å². The number of hydrogen-bond donors (Lipinski definition) is 1. The Morgan fingerprint density at radius 3 is 2.40 bits per heavy atom. The predicted molar refractivity (Wildman–Crippen MR) is 179 cm³/mol. The fourth-order valence-electron chi connectivity index (χ4n) is 5.25. The van der Waals surface area contributed by atoms with Gasteiger partial charge in [-0.15, -0.1) is 0 Å². The highest BCUT2D eigenvalue weighted by Gasteiger charge is 2.38. The lowest BCUT2D eigenvalue weighted by Crippen LogP contribution is -2.50. The van der Waals surface area contributed by atoms with E-state index in [1.54, 1.807) is 25.7 Å². The van der Waals surface area contributed by atoms with Crippen molar-refractivity contribution < 1.29 is 41.0 Å². The van der Waals surface area contributed by atoms with E-state index in [2.05, 4.69) is 15.2 Å². The van der Waals surface area contributed by atoms with Gasteiger partial charge in [0.25, 0.3) is 5.91 Å². The summed E-state index contributed by atoms with van der Waals surface area (Å²) in [5, 5.41) is 2.32. The number of alkyl halides is 3. The van der Waals surface area contributed by atoms with Crippen LogP contribution in [0.4, 0.5) is 38.1 Å². The summed E-state index contributed by atoms with van der Waals surface area (Å²) in [5.74, 6) is -3.07. The molecule has 3 heterocycles. The average Bonchev–Trinajstić information content (AvgIpc) is 3.44. The number of carbonyl (C=O) groups excluding carboxylic acids is 2. The van der Waals surface area contributed by atoms with Crippen molar-refractivity contribution in [1.82, 2.24) is 14.8 Å². The third-order valence-corrected chi connectivity index (χ3v) is 9.39. The topological polar surface area (TPSA) is 87.2 Å². The van der Waals surface area contributed by atoms with Gasteiger partial charge >= 0.3 is 12.3 Å². The molecule has 1 saturated heterocycles. The molecule has 1 atom stereocenters. The second-order valence-electron chi connectivity index (χ2n) is 14.0. The Balaban J connectivity index is 1.72. The second kappa shape index (κ2) is 14.1. The molecule has 0 radical (unpaired) electrons. The third-order valence-electron chi connectivity index (χ3n) is 8.00. The Bertz CT molecular complexity index is 1570. The van der Waals surface area contributed by atoms with Crippen LogP contribution in [0.3, 0.4) is 0 Å². The Kier molecular flexibility index (Phi) is 10.9. The number of rotatable bonds is 8. The van der Waals surface area contributed by atoms with Crippen LogP contribution >= 0.6 is 10.0 Å². The lowest BCUT2D eigenvalue weighted by atomic mass is 10.0. The van der Waals surface area contributed by atoms with Crippen LogP contribution in [0.25, 0.3) is 5.57 Å². The van der Waals surface area contributed by atoms with Crippen molar-refractivity contribution in [2.75, 3.05) is 81.1 Å². The van der Waals surface area contributed by atoms with Crippen LogP contribution in [0, 0.1) is 11.6 Å². The molecule has 15 heteroatoms. The number of carbonyl (C=O) groups is 2. The number of nitrogens with one attached hydrogen (secondary N) is 1. The van der Waals surface area contributed by atoms with Crippen LogP contribution in [-0.4, -0.2) is 109 Å². The zero-order valence-electron chi connectivity index (χ0n) is 28.6. The molecule has 0 aliphatic carbocycles. The van der Waals surface area contributed by atoms with E-state index in [1.807, 2.05) is 32.7 Å². The number of aromatic nitrogens is 1. The molecule has 1 aromatic heterocycles. The van der Waals surface area contributed by atoms with Crippen molar-refractivity contribution >= 4 is 39.0 Å². The first-order valence-electron chi connectivity index (χ1n) is 15.5. The minimum atomic E-state index is -4.97. The zero-order chi connectivity index (χ0) is 35.8. The average molecular weight is 702 g/mol. The highest BCUT2D eigenvalue weighted by molar-refractivity contribution is 8.32. The monoisotopic (exact) mass is 701 g/mol. The molecule has 266 valence electrons. The maximum absolute atomic E-state index is 16.6. The molecular weight excluding hydrogens is 657 g/mol. The van der Waals surface area contributed by atoms with E-state index in [4.69, 9.17) is 9.47 Å². The molecule has 2 aliphatic rings. The van der Waals surface area contributed by atoms with Gasteiger partial charge in [-0.05, 0) is 59.1 Å². The van der Waals surface area contributed by atoms with Crippen molar-refractivity contribution in [1.29, 1.82) is 0 Å². The van der Waals surface area contributed by atoms with E-state index >= 15 is 8.78 Å². The molecule has 9 nitrogen and oxygen atoms in total. The molecule has 2 amide bonds. The molecule has 48 heavy (non-hydrogen) atoms. The zero-order valence-corrected chi connectivity index (χ0v) is 29.4. The maximum atomic E-state index is 16.6. The number of hydrogen-bond acceptors (Lipinski definition) is 7. The van der Waals surface area contributed by atoms with E-state index in [9.17, 15) is 22.8 Å². The summed E-state index contributed by atoms with van der Waals surface area (Å²) in [7, 11) is 0.926. The summed E-state index contributed by atoms with van der Waals surface area (Å²) in [6, 6.07) is 1.69. The van der Waals surface area contributed by atoms with E-state index in [0.717, 1.165) is 12.3 Å². The maximum Gasteiger partial charge on any atom is 0.417 e. The first kappa shape index (κ1) is 37.2. The number of amides is 2. The first-order chi connectivity index (χ1) is 22.1. The first-order valence-corrected chi connectivity index (χ1v) is 18.5. The van der Waals surface area contributed by atoms with Crippen molar-refractivity contribution in [3.05, 3.63) is 52.7 Å². The summed E-state index contributed by atoms with van der Waals surface area (Å²) in [6.07, 6.45) is 2.69. The van der Waals surface area contributed by atoms with Gasteiger partial charge in [0.2, 0.25) is 5.88 Å². The molecule has 0 spiro atoms. The third kappa shape index (κ3) is 9.10. The number of pyridine rings is 1. The van der Waals surface area contributed by atoms with Crippen molar-refractivity contribution in [2.24, 2.45) is 0 Å². The van der Waals surface area contributed by atoms with Gasteiger partial charge in [-0.2, -0.15) is 13.2 Å². The minimum Gasteiger partial charge on any atom is -0.477 e. The largest absolute Gasteiger partial charge is 0.477 e. The number of halogens is 5. The summed E-state index contributed by atoms with van der Waals surface area (Å²) in [5.41, 5.74) is -3.83. The standard InChI is InChI=1S/C33H44F5N5O4S/c1-20-18-42(12-11-41(20)5)25-16-24(34)27(21-9-10-43(19-21)31(45)47-32(2,3)4)28(35)29(25)40-30(44)22-17-39-26(15-23(22)33(36,37)38)46-13-14-48(6,7)8/h9,15-17,20H,10-14,18-19H2,1-8H3,(H,40,44)/t20-/m0/s1. The summed E-state index contributed by atoms with van der Waals surface area (Å²) in [6.45, 7) is 8.20. The van der Waals surface area contributed by atoms with Crippen LogP contribution in [0.15, 0.2) is 24.4 Å². The minimum absolute atomic E-state index is 0.0178. The quantitative estimate of drug-likeness (QED) is 0.316. The van der Waals surface area contributed by atoms with Gasteiger partial charge in [-0.25, -0.2) is 28.6 Å². The highest BCUT2D eigenvalue weighted by Crippen LogP contribution is 2.40.